The van der Waals surface area contributed by atoms with Gasteiger partial charge in [0.25, 0.3) is 0 Å². The van der Waals surface area contributed by atoms with Crippen LogP contribution < -0.4 is 5.32 Å². The molecule has 2 heteroatoms. The molecule has 0 aromatic heterocycles. The Balaban J connectivity index is 1.86. The van der Waals surface area contributed by atoms with Gasteiger partial charge in [-0.1, -0.05) is 24.1 Å². The van der Waals surface area contributed by atoms with E-state index < -0.39 is 0 Å². The minimum atomic E-state index is 0.560. The second-order valence-electron chi connectivity index (χ2n) is 5.54. The molecule has 0 bridgehead atoms. The van der Waals surface area contributed by atoms with Gasteiger partial charge in [0.15, 0.2) is 0 Å². The highest BCUT2D eigenvalue weighted by Crippen LogP contribution is 2.17. The Labute approximate surface area is 111 Å². The summed E-state index contributed by atoms with van der Waals surface area (Å²) in [5.74, 6) is 0. The molecule has 100 valence electrons. The minimum Gasteiger partial charge on any atom is -0.375 e. The van der Waals surface area contributed by atoms with Crippen LogP contribution in [-0.2, 0) is 11.3 Å². The van der Waals surface area contributed by atoms with Crippen LogP contribution in [0, 0.1) is 20.8 Å². The summed E-state index contributed by atoms with van der Waals surface area (Å²) in [5.41, 5.74) is 5.40. The zero-order chi connectivity index (χ0) is 13.0. The van der Waals surface area contributed by atoms with Gasteiger partial charge in [-0.05, 0) is 56.8 Å². The average molecular weight is 247 g/mol. The van der Waals surface area contributed by atoms with Gasteiger partial charge < -0.3 is 10.1 Å². The maximum Gasteiger partial charge on any atom is 0.0722 e. The van der Waals surface area contributed by atoms with Crippen LogP contribution in [0.25, 0.3) is 0 Å². The molecule has 1 N–H and O–H groups in total. The van der Waals surface area contributed by atoms with E-state index in [4.69, 9.17) is 4.74 Å². The molecule has 1 aromatic carbocycles. The topological polar surface area (TPSA) is 21.3 Å². The fraction of sp³-hybridized carbons (Fsp3) is 0.625. The van der Waals surface area contributed by atoms with Crippen molar-refractivity contribution in [1.82, 2.24) is 5.32 Å². The van der Waals surface area contributed by atoms with Crippen molar-refractivity contribution in [2.75, 3.05) is 13.2 Å². The molecule has 1 fully saturated rings. The molecule has 1 aliphatic rings. The third-order valence-electron chi connectivity index (χ3n) is 3.82. The molecule has 1 aliphatic heterocycles. The summed E-state index contributed by atoms with van der Waals surface area (Å²) >= 11 is 0. The van der Waals surface area contributed by atoms with Crippen LogP contribution in [0.2, 0.25) is 0 Å². The lowest BCUT2D eigenvalue weighted by molar-refractivity contribution is 0.0905. The van der Waals surface area contributed by atoms with Crippen molar-refractivity contribution >= 4 is 0 Å². The van der Waals surface area contributed by atoms with Gasteiger partial charge >= 0.3 is 0 Å². The first kappa shape index (κ1) is 13.6. The molecule has 0 saturated carbocycles. The highest BCUT2D eigenvalue weighted by molar-refractivity contribution is 5.36. The average Bonchev–Trinajstić information content (AvgIpc) is 2.34. The second-order valence-corrected chi connectivity index (χ2v) is 5.54. The molecule has 2 nitrogen and oxygen atoms in total. The van der Waals surface area contributed by atoms with Crippen LogP contribution in [0.4, 0.5) is 0 Å². The van der Waals surface area contributed by atoms with Crippen molar-refractivity contribution in [2.24, 2.45) is 0 Å². The molecule has 1 heterocycles. The smallest absolute Gasteiger partial charge is 0.0722 e. The zero-order valence-corrected chi connectivity index (χ0v) is 11.9. The van der Waals surface area contributed by atoms with E-state index in [-0.39, 0.29) is 0 Å². The summed E-state index contributed by atoms with van der Waals surface area (Å²) in [6.45, 7) is 9.24. The number of aryl methyl sites for hydroxylation is 3. The SMILES string of the molecule is Cc1cc(C)c(COCC2CCCCN2)c(C)c1. The molecule has 1 unspecified atom stereocenters. The van der Waals surface area contributed by atoms with E-state index in [1.54, 1.807) is 0 Å². The standard InChI is InChI=1S/C16H25NO/c1-12-8-13(2)16(14(3)9-12)11-18-10-15-6-4-5-7-17-15/h8-9,15,17H,4-7,10-11H2,1-3H3. The molecule has 0 radical (unpaired) electrons. The van der Waals surface area contributed by atoms with Crippen LogP contribution in [0.1, 0.15) is 41.5 Å². The Morgan fingerprint density at radius 3 is 2.50 bits per heavy atom. The number of hydrogen-bond donors (Lipinski definition) is 1. The predicted molar refractivity (Wildman–Crippen MR) is 76.0 cm³/mol. The summed E-state index contributed by atoms with van der Waals surface area (Å²) in [6, 6.07) is 5.04. The number of rotatable bonds is 4. The van der Waals surface area contributed by atoms with Gasteiger partial charge in [-0.2, -0.15) is 0 Å². The van der Waals surface area contributed by atoms with Gasteiger partial charge in [0, 0.05) is 6.04 Å². The van der Waals surface area contributed by atoms with Gasteiger partial charge in [0.2, 0.25) is 0 Å². The lowest BCUT2D eigenvalue weighted by atomic mass is 10.0. The Morgan fingerprint density at radius 1 is 1.17 bits per heavy atom. The van der Waals surface area contributed by atoms with Crippen molar-refractivity contribution in [2.45, 2.75) is 52.7 Å². The first-order chi connectivity index (χ1) is 8.66. The van der Waals surface area contributed by atoms with E-state index >= 15 is 0 Å². The fourth-order valence-electron chi connectivity index (χ4n) is 2.81. The highest BCUT2D eigenvalue weighted by Gasteiger charge is 2.12. The van der Waals surface area contributed by atoms with E-state index in [9.17, 15) is 0 Å². The largest absolute Gasteiger partial charge is 0.375 e. The van der Waals surface area contributed by atoms with Gasteiger partial charge in [-0.15, -0.1) is 0 Å². The summed E-state index contributed by atoms with van der Waals surface area (Å²) in [5, 5.41) is 3.52. The summed E-state index contributed by atoms with van der Waals surface area (Å²) < 4.78 is 5.90. The van der Waals surface area contributed by atoms with E-state index in [0.717, 1.165) is 19.8 Å². The number of nitrogens with one attached hydrogen (secondary N) is 1. The van der Waals surface area contributed by atoms with Crippen molar-refractivity contribution in [3.05, 3.63) is 34.4 Å². The molecule has 2 rings (SSSR count). The van der Waals surface area contributed by atoms with E-state index in [1.807, 2.05) is 0 Å². The predicted octanol–water partition coefficient (Wildman–Crippen LogP) is 3.27. The van der Waals surface area contributed by atoms with Gasteiger partial charge in [-0.3, -0.25) is 0 Å². The van der Waals surface area contributed by atoms with Crippen molar-refractivity contribution in [3.8, 4) is 0 Å². The second kappa shape index (κ2) is 6.35. The van der Waals surface area contributed by atoms with Crippen molar-refractivity contribution in [1.29, 1.82) is 0 Å². The molecule has 0 amide bonds. The minimum absolute atomic E-state index is 0.560. The molecule has 1 aromatic rings. The van der Waals surface area contributed by atoms with E-state index in [0.29, 0.717) is 6.04 Å². The van der Waals surface area contributed by atoms with Crippen LogP contribution in [0.3, 0.4) is 0 Å². The highest BCUT2D eigenvalue weighted by atomic mass is 16.5. The quantitative estimate of drug-likeness (QED) is 0.881. The molecule has 1 saturated heterocycles. The Bertz CT molecular complexity index is 371. The van der Waals surface area contributed by atoms with Crippen LogP contribution >= 0.6 is 0 Å². The molecule has 0 aliphatic carbocycles. The number of piperidine rings is 1. The summed E-state index contributed by atoms with van der Waals surface area (Å²) in [6.07, 6.45) is 3.90. The number of ether oxygens (including phenoxy) is 1. The van der Waals surface area contributed by atoms with Gasteiger partial charge in [0.05, 0.1) is 13.2 Å². The van der Waals surface area contributed by atoms with Gasteiger partial charge in [0.1, 0.15) is 0 Å². The molecule has 0 spiro atoms. The number of hydrogen-bond acceptors (Lipinski definition) is 2. The van der Waals surface area contributed by atoms with Crippen molar-refractivity contribution in [3.63, 3.8) is 0 Å². The van der Waals surface area contributed by atoms with Gasteiger partial charge in [-0.25, -0.2) is 0 Å². The van der Waals surface area contributed by atoms with Crippen molar-refractivity contribution < 1.29 is 4.74 Å². The summed E-state index contributed by atoms with van der Waals surface area (Å²) in [4.78, 5) is 0. The van der Waals surface area contributed by atoms with E-state index in [2.05, 4.69) is 38.2 Å². The zero-order valence-electron chi connectivity index (χ0n) is 11.9. The first-order valence-corrected chi connectivity index (χ1v) is 7.04. The van der Waals surface area contributed by atoms with E-state index in [1.165, 1.54) is 41.5 Å². The monoisotopic (exact) mass is 247 g/mol. The molecule has 1 atom stereocenters. The molecule has 18 heavy (non-hydrogen) atoms. The molecular formula is C16H25NO. The summed E-state index contributed by atoms with van der Waals surface area (Å²) in [7, 11) is 0. The Morgan fingerprint density at radius 2 is 1.89 bits per heavy atom. The normalized spacial score (nSPS) is 20.1. The maximum absolute atomic E-state index is 5.90. The third-order valence-corrected chi connectivity index (χ3v) is 3.82. The maximum atomic E-state index is 5.90. The third kappa shape index (κ3) is 3.56. The van der Waals surface area contributed by atoms with Crippen LogP contribution in [0.15, 0.2) is 12.1 Å². The lowest BCUT2D eigenvalue weighted by Gasteiger charge is -2.23. The fourth-order valence-corrected chi connectivity index (χ4v) is 2.81. The molecular weight excluding hydrogens is 222 g/mol. The Kier molecular flexibility index (Phi) is 4.79. The first-order valence-electron chi connectivity index (χ1n) is 7.04. The lowest BCUT2D eigenvalue weighted by Crippen LogP contribution is -2.37. The van der Waals surface area contributed by atoms with Crippen LogP contribution in [0.5, 0.6) is 0 Å². The Hall–Kier alpha value is -0.860. The number of benzene rings is 1. The van der Waals surface area contributed by atoms with Crippen LogP contribution in [-0.4, -0.2) is 19.2 Å².